The smallest absolute Gasteiger partial charge is 0.298 e. The first kappa shape index (κ1) is 31.4. The number of nitriles is 1. The van der Waals surface area contributed by atoms with Crippen LogP contribution in [0.3, 0.4) is 0 Å². The van der Waals surface area contributed by atoms with Crippen LogP contribution in [0.2, 0.25) is 0 Å². The fraction of sp³-hybridized carbons (Fsp3) is 0.346. The van der Waals surface area contributed by atoms with Gasteiger partial charge < -0.3 is 5.11 Å². The number of rotatable bonds is 13. The zero-order valence-electron chi connectivity index (χ0n) is 25.0. The Morgan fingerprint density at radius 3 is 2.46 bits per heavy atom. The molecule has 5 heterocycles. The number of azo groups is 1. The van der Waals surface area contributed by atoms with Gasteiger partial charge in [-0.3, -0.25) is 29.7 Å². The molecular formula is C26H31N17O3. The van der Waals surface area contributed by atoms with Crippen LogP contribution >= 0.6 is 0 Å². The van der Waals surface area contributed by atoms with Gasteiger partial charge >= 0.3 is 0 Å². The minimum atomic E-state index is -0.544. The highest BCUT2D eigenvalue weighted by Gasteiger charge is 2.32. The van der Waals surface area contributed by atoms with E-state index in [1.165, 1.54) is 49.7 Å². The van der Waals surface area contributed by atoms with Crippen LogP contribution in [0.4, 0.5) is 17.5 Å². The van der Waals surface area contributed by atoms with Gasteiger partial charge in [0.2, 0.25) is 17.5 Å². The van der Waals surface area contributed by atoms with Gasteiger partial charge in [0.25, 0.3) is 17.4 Å². The minimum absolute atomic E-state index is 0.0142. The van der Waals surface area contributed by atoms with Crippen LogP contribution in [0.15, 0.2) is 63.2 Å². The molecule has 1 saturated heterocycles. The van der Waals surface area contributed by atoms with Crippen molar-refractivity contribution in [3.8, 4) is 17.9 Å². The largest absolute Gasteiger partial charge is 0.492 e. The van der Waals surface area contributed by atoms with Gasteiger partial charge in [0.1, 0.15) is 24.0 Å². The molecule has 0 radical (unpaired) electrons. The van der Waals surface area contributed by atoms with E-state index >= 15 is 0 Å². The van der Waals surface area contributed by atoms with Crippen molar-refractivity contribution < 1.29 is 9.90 Å². The molecule has 20 heteroatoms. The van der Waals surface area contributed by atoms with Gasteiger partial charge in [-0.05, 0) is 25.0 Å². The maximum absolute atomic E-state index is 13.1. The van der Waals surface area contributed by atoms with Gasteiger partial charge in [0, 0.05) is 52.0 Å². The molecule has 20 nitrogen and oxygen atoms in total. The van der Waals surface area contributed by atoms with Crippen molar-refractivity contribution in [2.45, 2.75) is 25.8 Å². The number of nitrogens with zero attached hydrogens (tertiary/aromatic N) is 15. The van der Waals surface area contributed by atoms with E-state index in [1.807, 2.05) is 11.1 Å². The van der Waals surface area contributed by atoms with Crippen LogP contribution in [-0.4, -0.2) is 92.6 Å². The molecule has 4 N–H and O–H groups in total. The number of hydrazine groups is 2. The lowest BCUT2D eigenvalue weighted by molar-refractivity contribution is -0.132. The highest BCUT2D eigenvalue weighted by molar-refractivity contribution is 6.40. The van der Waals surface area contributed by atoms with E-state index in [0.717, 1.165) is 12.8 Å². The Bertz CT molecular complexity index is 1820. The predicted molar refractivity (Wildman–Crippen MR) is 162 cm³/mol. The Morgan fingerprint density at radius 1 is 1.04 bits per heavy atom. The lowest BCUT2D eigenvalue weighted by atomic mass is 10.2. The summed E-state index contributed by atoms with van der Waals surface area (Å²) in [4.78, 5) is 42.0. The van der Waals surface area contributed by atoms with Gasteiger partial charge in [-0.2, -0.15) is 20.1 Å². The number of carbonyl (C=O) groups excluding carboxylic acids is 1. The molecule has 238 valence electrons. The maximum Gasteiger partial charge on any atom is 0.298 e. The molecule has 0 spiro atoms. The van der Waals surface area contributed by atoms with Crippen molar-refractivity contribution in [2.24, 2.45) is 28.2 Å². The normalized spacial score (nSPS) is 14.4. The summed E-state index contributed by atoms with van der Waals surface area (Å²) in [6, 6.07) is 5.27. The Labute approximate surface area is 261 Å². The molecule has 0 atom stereocenters. The molecule has 4 aromatic heterocycles. The second-order valence-electron chi connectivity index (χ2n) is 9.95. The first-order valence-corrected chi connectivity index (χ1v) is 14.1. The number of hydrogen-bond donors (Lipinski definition) is 3. The molecule has 0 aliphatic carbocycles. The number of hydrogen-bond acceptors (Lipinski definition) is 16. The molecule has 0 bridgehead atoms. The minimum Gasteiger partial charge on any atom is -0.492 e. The molecule has 46 heavy (non-hydrogen) atoms. The fourth-order valence-electron chi connectivity index (χ4n) is 4.55. The molecule has 4 aromatic rings. The van der Waals surface area contributed by atoms with Gasteiger partial charge in [-0.15, -0.1) is 10.2 Å². The highest BCUT2D eigenvalue weighted by atomic mass is 16.3. The van der Waals surface area contributed by atoms with Gasteiger partial charge in [-0.25, -0.2) is 35.5 Å². The van der Waals surface area contributed by atoms with Crippen LogP contribution in [0.5, 0.6) is 5.88 Å². The molecule has 1 aliphatic heterocycles. The predicted octanol–water partition coefficient (Wildman–Crippen LogP) is 0.0879. The molecule has 1 amide bonds. The summed E-state index contributed by atoms with van der Waals surface area (Å²) in [6.45, 7) is 1.34. The highest BCUT2D eigenvalue weighted by Crippen LogP contribution is 2.27. The molecular weight excluding hydrogens is 598 g/mol. The zero-order chi connectivity index (χ0) is 32.6. The summed E-state index contributed by atoms with van der Waals surface area (Å²) in [7, 11) is 3.22. The summed E-state index contributed by atoms with van der Waals surface area (Å²) in [6.07, 6.45) is 9.53. The topological polar surface area (TPSA) is 242 Å². The number of anilines is 1. The van der Waals surface area contributed by atoms with Crippen molar-refractivity contribution >= 4 is 29.1 Å². The summed E-state index contributed by atoms with van der Waals surface area (Å²) in [5, 5.41) is 41.0. The number of nitrogens with one attached hydrogen (secondary N) is 1. The van der Waals surface area contributed by atoms with E-state index in [2.05, 4.69) is 45.8 Å². The van der Waals surface area contributed by atoms with E-state index < -0.39 is 5.56 Å². The van der Waals surface area contributed by atoms with E-state index in [-0.39, 0.29) is 41.5 Å². The molecule has 5 rings (SSSR count). The number of nitrogens with two attached hydrogens (primary N) is 1. The lowest BCUT2D eigenvalue weighted by Gasteiger charge is -2.22. The van der Waals surface area contributed by atoms with Crippen LogP contribution in [0.25, 0.3) is 5.95 Å². The van der Waals surface area contributed by atoms with Crippen molar-refractivity contribution in [3.05, 3.63) is 59.0 Å². The van der Waals surface area contributed by atoms with Crippen LogP contribution in [-0.2, 0) is 18.4 Å². The van der Waals surface area contributed by atoms with Crippen molar-refractivity contribution in [3.63, 3.8) is 0 Å². The van der Waals surface area contributed by atoms with Crippen LogP contribution in [0.1, 0.15) is 24.8 Å². The Hall–Kier alpha value is -6.07. The molecule has 0 unspecified atom stereocenters. The lowest BCUT2D eigenvalue weighted by Crippen LogP contribution is -2.39. The monoisotopic (exact) mass is 629 g/mol. The van der Waals surface area contributed by atoms with E-state index in [4.69, 9.17) is 5.84 Å². The molecule has 1 aliphatic rings. The van der Waals surface area contributed by atoms with E-state index in [0.29, 0.717) is 37.7 Å². The third-order valence-electron chi connectivity index (χ3n) is 7.02. The number of aromatic hydroxyl groups is 1. The Balaban J connectivity index is 1.14. The molecule has 0 saturated carbocycles. The second kappa shape index (κ2) is 14.1. The van der Waals surface area contributed by atoms with Crippen molar-refractivity contribution in [1.82, 2.24) is 54.5 Å². The van der Waals surface area contributed by atoms with Crippen molar-refractivity contribution in [1.29, 1.82) is 5.26 Å². The van der Waals surface area contributed by atoms with Crippen LogP contribution < -0.4 is 21.8 Å². The Morgan fingerprint density at radius 2 is 1.74 bits per heavy atom. The third-order valence-corrected chi connectivity index (χ3v) is 7.02. The second-order valence-corrected chi connectivity index (χ2v) is 9.95. The van der Waals surface area contributed by atoms with Crippen LogP contribution in [0, 0.1) is 11.3 Å². The molecule has 1 fully saturated rings. The number of hydrazone groups is 1. The summed E-state index contributed by atoms with van der Waals surface area (Å²) >= 11 is 0. The number of unbranched alkanes of at least 4 members (excludes halogenated alkanes) is 2. The average molecular weight is 630 g/mol. The number of amides is 1. The Kier molecular flexibility index (Phi) is 9.64. The summed E-state index contributed by atoms with van der Waals surface area (Å²) < 4.78 is 3.87. The SMILES string of the molecule is CN1C(=O)C(=NNCN(N)c2ncccn2)CN1CCCCCn1c(=O)c(N=Nc2c(C#N)cnn2-c2ncccn2)c(O)n1C. The zero-order valence-corrected chi connectivity index (χ0v) is 25.0. The van der Waals surface area contributed by atoms with Gasteiger partial charge in [0.15, 0.2) is 5.82 Å². The number of aromatic nitrogens is 8. The number of carbonyl (C=O) groups is 1. The first-order chi connectivity index (χ1) is 22.3. The van der Waals surface area contributed by atoms with E-state index in [1.54, 1.807) is 31.6 Å². The van der Waals surface area contributed by atoms with Gasteiger partial charge in [-0.1, -0.05) is 6.42 Å². The van der Waals surface area contributed by atoms with E-state index in [9.17, 15) is 20.0 Å². The standard InChI is InChI=1S/C26H31N17O3/c1-38-22(44)19(35-33-17-41(28)25-29-8-6-9-30-25)16-40(38)12-4-3-5-13-42-24(46)20(23(45)39(42)2)36-37-21-18(14-27)15-34-43(21)26-31-10-7-11-32-26/h6-11,15,33,45H,3-5,12-13,16-17,28H2,1-2H3. The summed E-state index contributed by atoms with van der Waals surface area (Å²) in [5.41, 5.74) is 2.40. The van der Waals surface area contributed by atoms with Crippen molar-refractivity contribution in [2.75, 3.05) is 31.8 Å². The average Bonchev–Trinajstić information content (AvgIpc) is 3.68. The first-order valence-electron chi connectivity index (χ1n) is 14.1. The maximum atomic E-state index is 13.1. The third kappa shape index (κ3) is 6.69. The van der Waals surface area contributed by atoms with Gasteiger partial charge in [0.05, 0.1) is 12.7 Å². The fourth-order valence-corrected chi connectivity index (χ4v) is 4.55. The molecule has 0 aromatic carbocycles. The quantitative estimate of drug-likeness (QED) is 0.0584. The summed E-state index contributed by atoms with van der Waals surface area (Å²) in [5.74, 6) is 5.81.